The van der Waals surface area contributed by atoms with Gasteiger partial charge in [-0.25, -0.2) is 43.9 Å². The number of nitriles is 1. The summed E-state index contributed by atoms with van der Waals surface area (Å²) in [5.41, 5.74) is -6.47. The molecule has 0 aromatic heterocycles. The first-order valence-corrected chi connectivity index (χ1v) is 35.9. The van der Waals surface area contributed by atoms with E-state index in [1.54, 1.807) is 26.8 Å². The molecule has 6 saturated heterocycles. The molecule has 12 rings (SSSR count). The van der Waals surface area contributed by atoms with Gasteiger partial charge in [0.2, 0.25) is 72.8 Å². The van der Waals surface area contributed by atoms with Gasteiger partial charge in [-0.1, -0.05) is 55.4 Å². The molecule has 12 heterocycles. The van der Waals surface area contributed by atoms with Gasteiger partial charge in [0.05, 0.1) is 113 Å². The summed E-state index contributed by atoms with van der Waals surface area (Å²) in [6.45, 7) is 7.43. The number of carbonyl (C=O) groups excluding carboxylic acids is 13. The molecule has 116 heavy (non-hydrogen) atoms. The van der Waals surface area contributed by atoms with Crippen molar-refractivity contribution in [1.82, 2.24) is 29.4 Å². The van der Waals surface area contributed by atoms with Crippen LogP contribution in [-0.2, 0) is 90.8 Å². The molecule has 12 aliphatic heterocycles. The summed E-state index contributed by atoms with van der Waals surface area (Å²) in [6.07, 6.45) is -5.89. The maximum atomic E-state index is 14.4. The van der Waals surface area contributed by atoms with Gasteiger partial charge >= 0.3 is 5.92 Å². The van der Waals surface area contributed by atoms with Gasteiger partial charge in [-0.05, 0) is 55.7 Å². The van der Waals surface area contributed by atoms with E-state index in [4.69, 9.17) is 43.9 Å². The number of aliphatic hydroxyl groups excluding tert-OH is 6. The van der Waals surface area contributed by atoms with Crippen molar-refractivity contribution in [2.75, 3.05) is 33.0 Å². The molecule has 0 radical (unpaired) electrons. The second kappa shape index (κ2) is 35.7. The van der Waals surface area contributed by atoms with Crippen molar-refractivity contribution in [2.24, 2.45) is 29.6 Å². The first kappa shape index (κ1) is 94.3. The summed E-state index contributed by atoms with van der Waals surface area (Å²) in [4.78, 5) is 151. The van der Waals surface area contributed by atoms with Gasteiger partial charge in [0, 0.05) is 37.2 Å². The summed E-state index contributed by atoms with van der Waals surface area (Å²) < 4.78 is 201. The number of hydrogen-bond acceptors (Lipinski definition) is 26. The van der Waals surface area contributed by atoms with Gasteiger partial charge in [-0.2, -0.15) is 14.0 Å². The van der Waals surface area contributed by atoms with Crippen LogP contribution in [0.15, 0.2) is 73.7 Å². The predicted octanol–water partition coefficient (Wildman–Crippen LogP) is 2.91. The van der Waals surface area contributed by atoms with Crippen LogP contribution in [0.2, 0.25) is 0 Å². The molecule has 12 aliphatic rings. The van der Waals surface area contributed by atoms with E-state index < -0.39 is 285 Å². The number of ketones is 6. The summed E-state index contributed by atoms with van der Waals surface area (Å²) in [6, 6.07) is 1.79. The Bertz CT molecular complexity index is 3890. The Balaban J connectivity index is 0.000000193. The van der Waals surface area contributed by atoms with Gasteiger partial charge in [-0.15, -0.1) is 0 Å². The van der Waals surface area contributed by atoms with Crippen molar-refractivity contribution in [3.63, 3.8) is 0 Å². The Labute approximate surface area is 652 Å². The largest absolute Gasteiger partial charge is 0.394 e. The molecule has 32 nitrogen and oxygen atoms in total. The van der Waals surface area contributed by atoms with E-state index in [0.717, 1.165) is 90.4 Å². The molecule has 0 spiro atoms. The molecule has 642 valence electrons. The maximum absolute atomic E-state index is 14.4. The zero-order valence-electron chi connectivity index (χ0n) is 63.1. The molecule has 17 atom stereocenters. The van der Waals surface area contributed by atoms with Crippen LogP contribution in [0.4, 0.5) is 52.7 Å². The number of aldehydes is 1. The zero-order chi connectivity index (χ0) is 87.5. The lowest BCUT2D eigenvalue weighted by Crippen LogP contribution is -2.50. The van der Waals surface area contributed by atoms with Crippen LogP contribution in [-0.4, -0.2) is 283 Å². The molecule has 6 amide bonds. The smallest absolute Gasteiger partial charge is 0.320 e. The maximum Gasteiger partial charge on any atom is 0.320 e. The number of rotatable bonds is 15. The average molecular weight is 1680 g/mol. The van der Waals surface area contributed by atoms with E-state index in [1.165, 1.54) is 27.7 Å². The van der Waals surface area contributed by atoms with Gasteiger partial charge in [0.25, 0.3) is 29.6 Å². The van der Waals surface area contributed by atoms with Crippen LogP contribution in [0.25, 0.3) is 0 Å². The van der Waals surface area contributed by atoms with Gasteiger partial charge in [-0.3, -0.25) is 86.9 Å². The van der Waals surface area contributed by atoms with E-state index >= 15 is 0 Å². The number of alkyl halides is 12. The first-order chi connectivity index (χ1) is 53.9. The lowest BCUT2D eigenvalue weighted by atomic mass is 9.85. The molecule has 44 heteroatoms. The third-order valence-electron chi connectivity index (χ3n) is 22.1. The molecular weight excluding hydrogens is 1590 g/mol. The Morgan fingerprint density at radius 2 is 0.672 bits per heavy atom. The highest BCUT2D eigenvalue weighted by molar-refractivity contribution is 6.09. The van der Waals surface area contributed by atoms with Crippen molar-refractivity contribution >= 4 is 76.4 Å². The Morgan fingerprint density at radius 3 is 0.914 bits per heavy atom. The Morgan fingerprint density at radius 1 is 0.388 bits per heavy atom. The van der Waals surface area contributed by atoms with Gasteiger partial charge < -0.3 is 63.9 Å². The van der Waals surface area contributed by atoms with E-state index in [1.807, 2.05) is 0 Å². The first-order valence-electron chi connectivity index (χ1n) is 35.9. The predicted molar refractivity (Wildman–Crippen MR) is 361 cm³/mol. The molecule has 0 aliphatic carbocycles. The van der Waals surface area contributed by atoms with Crippen molar-refractivity contribution in [1.29, 1.82) is 5.26 Å². The standard InChI is InChI=1S/C13H14F2N2O3.C13H17F2NO4.C13H15F2NO4.C12H15F2NO5.C11H13F2NO4.C10H11F2NO5/c1-3-12(7-16)8(2)13(14,15)11(20-12)17-5-4-9(18)6-10(17)19;2*1-3-12(7-17)8(2)13(14,15)11(20-12)16-5-4-9(18)6-10(16)19;1-7-11(5-16,6-17)20-10(12(7,13)14)15-3-2-8(18)4-9(15)19;1-6-8(5-15)18-10(11(6,12)13)14-3-2-7(16)4-9(14)17;11-10(12)8(17)6(4-14)18-9(10)13-2-1-5(15)3-7(13)16/h4-5,8,11H,3,6H2,1-2H3;4-5,8,11,17H,3,6-7H2,1-2H3;4-5,7-8,11H,3,6H2,1-2H3;2-3,7,10,16-17H,4-6H2,1H3;2-3,6,8,10,15H,4-5H2,1H3;1-2,6,8-9,14,17H,3-4H2/t3*8-,11-,12+;7-,10-;6-,8-,10-;6-,8-,9-/m111111/s1. The Hall–Kier alpha value is -8.88. The van der Waals surface area contributed by atoms with E-state index in [9.17, 15) is 135 Å². The summed E-state index contributed by atoms with van der Waals surface area (Å²) in [7, 11) is 0. The number of carbonyl (C=O) groups is 13. The van der Waals surface area contributed by atoms with E-state index in [-0.39, 0.29) is 19.3 Å². The number of hydrogen-bond donors (Lipinski definition) is 6. The van der Waals surface area contributed by atoms with Crippen molar-refractivity contribution in [2.45, 2.75) is 227 Å². The lowest BCUT2D eigenvalue weighted by molar-refractivity contribution is -0.181. The topological polar surface area (TPSA) is 442 Å². The van der Waals surface area contributed by atoms with Crippen LogP contribution in [0.3, 0.4) is 0 Å². The van der Waals surface area contributed by atoms with Crippen LogP contribution in [0.1, 0.15) is 113 Å². The number of halogens is 12. The molecule has 0 unspecified atom stereocenters. The fourth-order valence-corrected chi connectivity index (χ4v) is 14.0. The highest BCUT2D eigenvalue weighted by Gasteiger charge is 2.71. The van der Waals surface area contributed by atoms with Crippen LogP contribution in [0.5, 0.6) is 0 Å². The minimum Gasteiger partial charge on any atom is -0.394 e. The van der Waals surface area contributed by atoms with Gasteiger partial charge in [0.15, 0.2) is 52.7 Å². The molecule has 0 aromatic rings. The van der Waals surface area contributed by atoms with Crippen LogP contribution >= 0.6 is 0 Å². The summed E-state index contributed by atoms with van der Waals surface area (Å²) >= 11 is 0. The molecule has 6 fully saturated rings. The van der Waals surface area contributed by atoms with Gasteiger partial charge in [0.1, 0.15) is 22.9 Å². The number of amides is 6. The fourth-order valence-electron chi connectivity index (χ4n) is 14.0. The highest BCUT2D eigenvalue weighted by Crippen LogP contribution is 2.54. The summed E-state index contributed by atoms with van der Waals surface area (Å²) in [5.74, 6) is -34.5. The number of aliphatic hydroxyl groups is 6. The second-order valence-electron chi connectivity index (χ2n) is 28.8. The van der Waals surface area contributed by atoms with Crippen LogP contribution in [0, 0.1) is 40.9 Å². The summed E-state index contributed by atoms with van der Waals surface area (Å²) in [5, 5.41) is 64.1. The van der Waals surface area contributed by atoms with E-state index in [0.29, 0.717) is 25.9 Å². The monoisotopic (exact) mass is 1680 g/mol. The third kappa shape index (κ3) is 17.8. The molecule has 6 N–H and O–H groups in total. The van der Waals surface area contributed by atoms with Crippen LogP contribution < -0.4 is 0 Å². The fraction of sp³-hybridized carbons (Fsp3) is 0.639. The SMILES string of the molecule is CC[C@@]1(C#N)O[C@@H](N2C=CC(=O)CC2=O)C(F)(F)[C@@H]1C.CC[C@@]1(C=O)O[C@@H](N2C=CC(=O)CC2=O)C(F)(F)[C@@H]1C.CC[C@@]1(CO)O[C@@H](N2C=CC(=O)CC2=O)C(F)(F)[C@@H]1C.C[C@@H]1C(CO)(CO)O[C@@H](N2C=CC(=O)CC2=O)C1(F)F.C[C@@H]1[C@@H](CO)O[C@@H](N2C=CC(=O)CC2=O)C1(F)F.O=C1C=CN([C@@H]2O[C@H](CO)[C@@H](O)C2(F)F)C(=O)C1. The second-order valence-corrected chi connectivity index (χ2v) is 28.8. The number of nitrogens with zero attached hydrogens (tertiary/aromatic N) is 7. The molecule has 0 bridgehead atoms. The number of allylic oxidation sites excluding steroid dienone is 6. The highest BCUT2D eigenvalue weighted by atomic mass is 19.3. The van der Waals surface area contributed by atoms with Crippen molar-refractivity contribution in [3.05, 3.63) is 73.7 Å². The third-order valence-corrected chi connectivity index (χ3v) is 22.1. The number of ether oxygens (including phenoxy) is 6. The lowest BCUT2D eigenvalue weighted by Gasteiger charge is -2.31. The van der Waals surface area contributed by atoms with E-state index in [2.05, 4.69) is 0 Å². The average Bonchev–Trinajstić information content (AvgIpc) is 1.59. The molecule has 0 aromatic carbocycles. The normalized spacial score (nSPS) is 35.4. The molecule has 0 saturated carbocycles. The quantitative estimate of drug-likeness (QED) is 0.0779. The van der Waals surface area contributed by atoms with Crippen molar-refractivity contribution in [3.8, 4) is 6.07 Å². The minimum atomic E-state index is -3.71. The minimum absolute atomic E-state index is 0.0778. The molecular formula is C72H85F12N7O25. The Kier molecular flexibility index (Phi) is 29.1. The van der Waals surface area contributed by atoms with Crippen molar-refractivity contribution < 1.29 is 174 Å². The zero-order valence-corrected chi connectivity index (χ0v) is 63.1.